The number of ether oxygens (including phenoxy) is 1. The number of benzene rings is 1. The van der Waals surface area contributed by atoms with E-state index in [9.17, 15) is 37.3 Å². The van der Waals surface area contributed by atoms with Gasteiger partial charge in [-0.2, -0.15) is 13.2 Å². The minimum Gasteiger partial charge on any atom is -0.442 e. The summed E-state index contributed by atoms with van der Waals surface area (Å²) in [5.74, 6) is -2.73. The van der Waals surface area contributed by atoms with Gasteiger partial charge in [0.15, 0.2) is 0 Å². The summed E-state index contributed by atoms with van der Waals surface area (Å²) in [5, 5.41) is 13.4. The molecule has 0 unspecified atom stereocenters. The average Bonchev–Trinajstić information content (AvgIpc) is 3.44. The maximum atomic E-state index is 14.9. The second-order valence-corrected chi connectivity index (χ2v) is 8.84. The van der Waals surface area contributed by atoms with Crippen molar-refractivity contribution >= 4 is 44.7 Å². The van der Waals surface area contributed by atoms with Gasteiger partial charge in [-0.15, -0.1) is 0 Å². The monoisotopic (exact) mass is 517 g/mol. The van der Waals surface area contributed by atoms with Crippen LogP contribution in [0, 0.1) is 15.9 Å². The van der Waals surface area contributed by atoms with Crippen molar-refractivity contribution in [2.75, 3.05) is 54.0 Å². The first-order valence-corrected chi connectivity index (χ1v) is 11.2. The summed E-state index contributed by atoms with van der Waals surface area (Å²) >= 11 is 1.08. The number of hydrogen-bond donors (Lipinski definition) is 1. The third-order valence-corrected chi connectivity index (χ3v) is 6.65. The fraction of sp³-hybridized carbons (Fsp3) is 0.400. The minimum absolute atomic E-state index is 0.0504. The van der Waals surface area contributed by atoms with Gasteiger partial charge in [-0.3, -0.25) is 19.8 Å². The fourth-order valence-electron chi connectivity index (χ4n) is 3.82. The van der Waals surface area contributed by atoms with Gasteiger partial charge in [0.2, 0.25) is 0 Å². The quantitative estimate of drug-likeness (QED) is 0.356. The minimum atomic E-state index is -5.05. The molecule has 1 aromatic carbocycles. The number of carbonyl (C=O) groups is 2. The molecular weight excluding hydrogens is 498 g/mol. The van der Waals surface area contributed by atoms with Gasteiger partial charge in [-0.25, -0.2) is 9.18 Å². The van der Waals surface area contributed by atoms with Crippen molar-refractivity contribution in [2.45, 2.75) is 12.3 Å². The van der Waals surface area contributed by atoms with Crippen LogP contribution in [0.25, 0.3) is 0 Å². The van der Waals surface area contributed by atoms with Crippen LogP contribution in [0.5, 0.6) is 0 Å². The third kappa shape index (κ3) is 5.39. The van der Waals surface area contributed by atoms with Crippen LogP contribution in [0.2, 0.25) is 0 Å². The number of carbonyl (C=O) groups excluding carboxylic acids is 2. The van der Waals surface area contributed by atoms with E-state index in [2.05, 4.69) is 0 Å². The Morgan fingerprint density at radius 1 is 1.17 bits per heavy atom. The van der Waals surface area contributed by atoms with Crippen molar-refractivity contribution in [3.8, 4) is 0 Å². The number of anilines is 3. The number of halogens is 4. The van der Waals surface area contributed by atoms with E-state index in [1.165, 1.54) is 18.2 Å². The average molecular weight is 517 g/mol. The molecule has 3 heterocycles. The molecule has 0 saturated carbocycles. The van der Waals surface area contributed by atoms with Crippen LogP contribution in [0.15, 0.2) is 30.3 Å². The Kier molecular flexibility index (Phi) is 6.69. The molecule has 0 radical (unpaired) electrons. The van der Waals surface area contributed by atoms with Gasteiger partial charge >= 0.3 is 23.2 Å². The van der Waals surface area contributed by atoms with Crippen molar-refractivity contribution in [2.24, 2.45) is 0 Å². The van der Waals surface area contributed by atoms with Crippen LogP contribution in [-0.4, -0.2) is 68.5 Å². The van der Waals surface area contributed by atoms with Gasteiger partial charge in [0.25, 0.3) is 0 Å². The van der Waals surface area contributed by atoms with Crippen LogP contribution in [0.4, 0.5) is 43.7 Å². The zero-order valence-corrected chi connectivity index (χ0v) is 18.8. The molecule has 0 bridgehead atoms. The second kappa shape index (κ2) is 9.56. The van der Waals surface area contributed by atoms with E-state index in [1.54, 1.807) is 11.4 Å². The number of cyclic esters (lactones) is 1. The maximum absolute atomic E-state index is 14.9. The van der Waals surface area contributed by atoms with Gasteiger partial charge in [0, 0.05) is 32.2 Å². The summed E-state index contributed by atoms with van der Waals surface area (Å²) in [4.78, 5) is 38.4. The molecule has 0 spiro atoms. The molecule has 1 atom stereocenters. The van der Waals surface area contributed by atoms with Gasteiger partial charge in [-0.05, 0) is 35.6 Å². The van der Waals surface area contributed by atoms with Crippen molar-refractivity contribution < 1.29 is 36.8 Å². The van der Waals surface area contributed by atoms with E-state index in [1.807, 2.05) is 9.80 Å². The number of piperazine rings is 1. The third-order valence-electron chi connectivity index (χ3n) is 5.55. The first-order valence-electron chi connectivity index (χ1n) is 10.4. The lowest BCUT2D eigenvalue weighted by Gasteiger charge is -2.36. The van der Waals surface area contributed by atoms with Crippen molar-refractivity contribution in [1.29, 1.82) is 0 Å². The van der Waals surface area contributed by atoms with E-state index < -0.39 is 41.6 Å². The summed E-state index contributed by atoms with van der Waals surface area (Å²) in [5.41, 5.74) is 0.484. The molecule has 15 heteroatoms. The largest absolute Gasteiger partial charge is 0.471 e. The van der Waals surface area contributed by atoms with E-state index >= 15 is 0 Å². The maximum Gasteiger partial charge on any atom is 0.471 e. The van der Waals surface area contributed by atoms with Crippen LogP contribution < -0.4 is 20.0 Å². The lowest BCUT2D eigenvalue weighted by atomic mass is 10.2. The highest BCUT2D eigenvalue weighted by Crippen LogP contribution is 2.33. The predicted molar refractivity (Wildman–Crippen MR) is 118 cm³/mol. The molecule has 0 aliphatic carbocycles. The van der Waals surface area contributed by atoms with Crippen molar-refractivity contribution in [3.63, 3.8) is 0 Å². The van der Waals surface area contributed by atoms with Crippen molar-refractivity contribution in [3.05, 3.63) is 46.3 Å². The Bertz CT molecular complexity index is 1140. The number of nitrogens with one attached hydrogen (secondary N) is 1. The van der Waals surface area contributed by atoms with Crippen LogP contribution >= 0.6 is 11.3 Å². The number of thiophene rings is 1. The SMILES string of the molecule is O=C1O[C@@H](CNC(=O)C(F)(F)F)CN1c1ccc(N2CCN(c3ccc([N+](=O)[O-])s3)CC2)c(F)c1. The smallest absolute Gasteiger partial charge is 0.442 e. The van der Waals surface area contributed by atoms with E-state index in [-0.39, 0.29) is 17.2 Å². The van der Waals surface area contributed by atoms with Crippen molar-refractivity contribution in [1.82, 2.24) is 5.32 Å². The first kappa shape index (κ1) is 24.5. The molecule has 35 heavy (non-hydrogen) atoms. The molecule has 188 valence electrons. The molecule has 2 aromatic rings. The Morgan fingerprint density at radius 3 is 2.46 bits per heavy atom. The number of amides is 2. The lowest BCUT2D eigenvalue weighted by Crippen LogP contribution is -2.46. The van der Waals surface area contributed by atoms with Gasteiger partial charge in [0.05, 0.1) is 34.4 Å². The van der Waals surface area contributed by atoms with E-state index in [0.717, 1.165) is 27.3 Å². The molecule has 2 aliphatic rings. The second-order valence-electron chi connectivity index (χ2n) is 7.80. The standard InChI is InChI=1S/C20H19F4N5O5S/c21-14-9-12(28-11-13(34-19(28)31)10-25-18(30)20(22,23)24)1-2-15(14)26-5-7-27(8-6-26)16-3-4-17(35-16)29(32)33/h1-4,9,13H,5-8,10-11H2,(H,25,30)/t13-/m0/s1. The number of nitro groups is 1. The highest BCUT2D eigenvalue weighted by molar-refractivity contribution is 7.19. The molecule has 1 aromatic heterocycles. The zero-order chi connectivity index (χ0) is 25.3. The molecule has 1 N–H and O–H groups in total. The van der Waals surface area contributed by atoms with Crippen LogP contribution in [0.1, 0.15) is 0 Å². The summed E-state index contributed by atoms with van der Waals surface area (Å²) in [7, 11) is 0. The normalized spacial score (nSPS) is 18.6. The highest BCUT2D eigenvalue weighted by atomic mass is 32.1. The number of nitrogens with zero attached hydrogens (tertiary/aromatic N) is 4. The Balaban J connectivity index is 1.35. The molecule has 10 nitrogen and oxygen atoms in total. The highest BCUT2D eigenvalue weighted by Gasteiger charge is 2.40. The summed E-state index contributed by atoms with van der Waals surface area (Å²) in [6.07, 6.45) is -6.92. The molecule has 2 fully saturated rings. The molecule has 2 saturated heterocycles. The van der Waals surface area contributed by atoms with Gasteiger partial charge in [-0.1, -0.05) is 0 Å². The van der Waals surface area contributed by atoms with E-state index in [0.29, 0.717) is 31.9 Å². The summed E-state index contributed by atoms with van der Waals surface area (Å²) < 4.78 is 56.8. The topological polar surface area (TPSA) is 108 Å². The predicted octanol–water partition coefficient (Wildman–Crippen LogP) is 3.13. The summed E-state index contributed by atoms with van der Waals surface area (Å²) in [6, 6.07) is 7.28. The van der Waals surface area contributed by atoms with Gasteiger partial charge < -0.3 is 19.9 Å². The number of rotatable bonds is 6. The molecular formula is C20H19F4N5O5S. The number of alkyl halides is 3. The Hall–Kier alpha value is -3.62. The fourth-order valence-corrected chi connectivity index (χ4v) is 4.69. The zero-order valence-electron chi connectivity index (χ0n) is 18.0. The Labute approximate surface area is 199 Å². The van der Waals surface area contributed by atoms with E-state index in [4.69, 9.17) is 4.74 Å². The first-order chi connectivity index (χ1) is 16.5. The molecule has 2 aliphatic heterocycles. The lowest BCUT2D eigenvalue weighted by molar-refractivity contribution is -0.380. The van der Waals surface area contributed by atoms with Crippen LogP contribution in [0.3, 0.4) is 0 Å². The number of hydrogen-bond acceptors (Lipinski definition) is 8. The molecule has 4 rings (SSSR count). The van der Waals surface area contributed by atoms with Crippen LogP contribution in [-0.2, 0) is 9.53 Å². The molecule has 2 amide bonds. The summed E-state index contributed by atoms with van der Waals surface area (Å²) in [6.45, 7) is 1.31. The van der Waals surface area contributed by atoms with Gasteiger partial charge in [0.1, 0.15) is 11.9 Å². The Morgan fingerprint density at radius 2 is 1.86 bits per heavy atom.